The summed E-state index contributed by atoms with van der Waals surface area (Å²) in [6.45, 7) is 4.48. The van der Waals surface area contributed by atoms with E-state index in [-0.39, 0.29) is 23.7 Å². The van der Waals surface area contributed by atoms with Gasteiger partial charge in [-0.2, -0.15) is 0 Å². The molecular formula is C25H37N3O5. The number of carboxylic acid groups (broad SMARTS) is 1. The van der Waals surface area contributed by atoms with Gasteiger partial charge < -0.3 is 25.8 Å². The molecule has 1 aliphatic carbocycles. The molecule has 3 rings (SSSR count). The zero-order valence-corrected chi connectivity index (χ0v) is 19.7. The van der Waals surface area contributed by atoms with Gasteiger partial charge in [-0.1, -0.05) is 45.2 Å². The van der Waals surface area contributed by atoms with Crippen LogP contribution >= 0.6 is 0 Å². The van der Waals surface area contributed by atoms with Crippen LogP contribution in [0.15, 0.2) is 24.3 Å². The Bertz CT molecular complexity index is 820. The molecule has 1 aromatic carbocycles. The first-order chi connectivity index (χ1) is 15.8. The van der Waals surface area contributed by atoms with Gasteiger partial charge in [0, 0.05) is 19.0 Å². The lowest BCUT2D eigenvalue weighted by Crippen LogP contribution is -2.53. The van der Waals surface area contributed by atoms with Crippen molar-refractivity contribution < 1.29 is 24.2 Å². The number of nitrogens with zero attached hydrogens (tertiary/aromatic N) is 1. The Balaban J connectivity index is 1.53. The molecule has 8 nitrogen and oxygen atoms in total. The second-order valence-corrected chi connectivity index (χ2v) is 9.60. The predicted octanol–water partition coefficient (Wildman–Crippen LogP) is 2.69. The maximum atomic E-state index is 13.0. The van der Waals surface area contributed by atoms with Gasteiger partial charge in [-0.05, 0) is 49.3 Å². The maximum Gasteiger partial charge on any atom is 0.345 e. The zero-order chi connectivity index (χ0) is 24.0. The minimum Gasteiger partial charge on any atom is -0.478 e. The fourth-order valence-corrected chi connectivity index (χ4v) is 4.80. The molecule has 2 fully saturated rings. The van der Waals surface area contributed by atoms with Crippen molar-refractivity contribution in [3.8, 4) is 5.75 Å². The van der Waals surface area contributed by atoms with Crippen LogP contribution in [0.5, 0.6) is 5.75 Å². The third-order valence-corrected chi connectivity index (χ3v) is 6.78. The molecule has 0 aromatic heterocycles. The summed E-state index contributed by atoms with van der Waals surface area (Å²) >= 11 is 0. The molecule has 1 aromatic rings. The molecule has 4 N–H and O–H groups in total. The van der Waals surface area contributed by atoms with Crippen LogP contribution in [-0.2, 0) is 20.9 Å². The van der Waals surface area contributed by atoms with Gasteiger partial charge in [-0.25, -0.2) is 4.79 Å². The minimum absolute atomic E-state index is 0.0980. The number of benzene rings is 1. The van der Waals surface area contributed by atoms with E-state index in [0.717, 1.165) is 37.7 Å². The fourth-order valence-electron chi connectivity index (χ4n) is 4.80. The monoisotopic (exact) mass is 459 g/mol. The number of nitrogens with one attached hydrogen (secondary N) is 1. The third-order valence-electron chi connectivity index (χ3n) is 6.78. The van der Waals surface area contributed by atoms with Gasteiger partial charge in [0.2, 0.25) is 11.8 Å². The molecule has 2 amide bonds. The number of carbonyl (C=O) groups is 3. The quantitative estimate of drug-likeness (QED) is 0.522. The number of rotatable bonds is 9. The highest BCUT2D eigenvalue weighted by Gasteiger charge is 2.38. The maximum absolute atomic E-state index is 13.0. The Kier molecular flexibility index (Phi) is 8.72. The van der Waals surface area contributed by atoms with Gasteiger partial charge in [0.1, 0.15) is 11.8 Å². The van der Waals surface area contributed by atoms with E-state index in [2.05, 4.69) is 5.32 Å². The summed E-state index contributed by atoms with van der Waals surface area (Å²) in [4.78, 5) is 38.9. The van der Waals surface area contributed by atoms with E-state index in [4.69, 9.17) is 10.5 Å². The highest BCUT2D eigenvalue weighted by Crippen LogP contribution is 2.28. The van der Waals surface area contributed by atoms with Crippen molar-refractivity contribution in [1.82, 2.24) is 10.2 Å². The van der Waals surface area contributed by atoms with Crippen molar-refractivity contribution in [2.24, 2.45) is 17.6 Å². The minimum atomic E-state index is -1.000. The predicted molar refractivity (Wildman–Crippen MR) is 124 cm³/mol. The van der Waals surface area contributed by atoms with Crippen LogP contribution in [0.1, 0.15) is 64.4 Å². The number of hydrogen-bond donors (Lipinski definition) is 3. The van der Waals surface area contributed by atoms with Crippen molar-refractivity contribution in [2.45, 2.75) is 83.5 Å². The third kappa shape index (κ3) is 6.47. The summed E-state index contributed by atoms with van der Waals surface area (Å²) < 4.78 is 5.57. The lowest BCUT2D eigenvalue weighted by atomic mass is 9.83. The van der Waals surface area contributed by atoms with Gasteiger partial charge in [0.15, 0.2) is 6.10 Å². The number of likely N-dealkylation sites (tertiary alicyclic amines) is 1. The molecule has 0 spiro atoms. The number of carbonyl (C=O) groups excluding carboxylic acids is 2. The van der Waals surface area contributed by atoms with E-state index in [1.165, 1.54) is 6.42 Å². The standard InChI is InChI=1S/C25H37N3O5/c1-16(2)22(25(31)32)33-19-12-10-17(11-13-19)15-27-23(29)20-9-6-14-28(20)24(30)21(26)18-7-4-3-5-8-18/h10-13,16,18,20-22H,3-9,14-15,26H2,1-2H3,(H,27,29)(H,31,32)/t20-,21?,22+/m0/s1. The van der Waals surface area contributed by atoms with Gasteiger partial charge in [0.25, 0.3) is 0 Å². The van der Waals surface area contributed by atoms with E-state index >= 15 is 0 Å². The van der Waals surface area contributed by atoms with Gasteiger partial charge in [-0.15, -0.1) is 0 Å². The first kappa shape index (κ1) is 25.0. The zero-order valence-electron chi connectivity index (χ0n) is 19.7. The Labute approximate surface area is 195 Å². The van der Waals surface area contributed by atoms with Gasteiger partial charge in [0.05, 0.1) is 6.04 Å². The Morgan fingerprint density at radius 2 is 1.76 bits per heavy atom. The molecule has 1 saturated heterocycles. The molecule has 0 bridgehead atoms. The molecule has 0 radical (unpaired) electrons. The first-order valence-electron chi connectivity index (χ1n) is 12.1. The van der Waals surface area contributed by atoms with Crippen molar-refractivity contribution >= 4 is 17.8 Å². The lowest BCUT2D eigenvalue weighted by molar-refractivity contribution is -0.147. The molecule has 1 saturated carbocycles. The summed E-state index contributed by atoms with van der Waals surface area (Å²) in [6, 6.07) is 6.00. The van der Waals surface area contributed by atoms with Gasteiger partial charge >= 0.3 is 5.97 Å². The van der Waals surface area contributed by atoms with Crippen LogP contribution in [0.3, 0.4) is 0 Å². The summed E-state index contributed by atoms with van der Waals surface area (Å²) in [5.41, 5.74) is 7.18. The topological polar surface area (TPSA) is 122 Å². The number of hydrogen-bond acceptors (Lipinski definition) is 5. The summed E-state index contributed by atoms with van der Waals surface area (Å²) in [5.74, 6) is -0.741. The van der Waals surface area contributed by atoms with Crippen molar-refractivity contribution in [3.63, 3.8) is 0 Å². The summed E-state index contributed by atoms with van der Waals surface area (Å²) in [6.07, 6.45) is 5.95. The normalized spacial score (nSPS) is 21.0. The number of carboxylic acids is 1. The highest BCUT2D eigenvalue weighted by molar-refractivity contribution is 5.90. The first-order valence-corrected chi connectivity index (χ1v) is 12.1. The molecule has 1 aliphatic heterocycles. The SMILES string of the molecule is CC(C)[C@@H](Oc1ccc(CNC(=O)[C@@H]2CCCN2C(=O)C(N)C2CCCCC2)cc1)C(=O)O. The highest BCUT2D eigenvalue weighted by atomic mass is 16.5. The molecule has 182 valence electrons. The average molecular weight is 460 g/mol. The van der Waals surface area contributed by atoms with Crippen LogP contribution in [0.25, 0.3) is 0 Å². The van der Waals surface area contributed by atoms with Crippen molar-refractivity contribution in [2.75, 3.05) is 6.54 Å². The largest absolute Gasteiger partial charge is 0.478 e. The Morgan fingerprint density at radius 3 is 2.36 bits per heavy atom. The molecule has 1 heterocycles. The number of ether oxygens (including phenoxy) is 1. The van der Waals surface area contributed by atoms with Gasteiger partial charge in [-0.3, -0.25) is 9.59 Å². The number of aliphatic carboxylic acids is 1. The molecule has 33 heavy (non-hydrogen) atoms. The molecular weight excluding hydrogens is 422 g/mol. The summed E-state index contributed by atoms with van der Waals surface area (Å²) in [7, 11) is 0. The van der Waals surface area contributed by atoms with Crippen molar-refractivity contribution in [3.05, 3.63) is 29.8 Å². The van der Waals surface area contributed by atoms with E-state index in [1.54, 1.807) is 43.0 Å². The second-order valence-electron chi connectivity index (χ2n) is 9.60. The van der Waals surface area contributed by atoms with E-state index in [9.17, 15) is 19.5 Å². The molecule has 8 heteroatoms. The van der Waals surface area contributed by atoms with E-state index in [1.807, 2.05) is 0 Å². The Morgan fingerprint density at radius 1 is 1.09 bits per heavy atom. The smallest absolute Gasteiger partial charge is 0.345 e. The lowest BCUT2D eigenvalue weighted by Gasteiger charge is -2.32. The summed E-state index contributed by atoms with van der Waals surface area (Å²) in [5, 5.41) is 12.2. The number of amides is 2. The number of nitrogens with two attached hydrogens (primary N) is 1. The van der Waals surface area contributed by atoms with Crippen LogP contribution in [-0.4, -0.2) is 52.5 Å². The molecule has 2 aliphatic rings. The Hall–Kier alpha value is -2.61. The van der Waals surface area contributed by atoms with Crippen LogP contribution < -0.4 is 15.8 Å². The molecule has 1 unspecified atom stereocenters. The van der Waals surface area contributed by atoms with Crippen LogP contribution in [0.2, 0.25) is 0 Å². The molecule has 3 atom stereocenters. The fraction of sp³-hybridized carbons (Fsp3) is 0.640. The average Bonchev–Trinajstić information content (AvgIpc) is 3.31. The second kappa shape index (κ2) is 11.5. The van der Waals surface area contributed by atoms with Crippen molar-refractivity contribution in [1.29, 1.82) is 0 Å². The van der Waals surface area contributed by atoms with Crippen LogP contribution in [0.4, 0.5) is 0 Å². The van der Waals surface area contributed by atoms with Crippen LogP contribution in [0, 0.1) is 11.8 Å². The van der Waals surface area contributed by atoms with E-state index < -0.39 is 24.2 Å². The van der Waals surface area contributed by atoms with E-state index in [0.29, 0.717) is 25.3 Å².